The van der Waals surface area contributed by atoms with Gasteiger partial charge >= 0.3 is 6.09 Å². The molecule has 1 amide bonds. The van der Waals surface area contributed by atoms with Crippen LogP contribution < -0.4 is 10.1 Å². The molecule has 1 unspecified atom stereocenters. The molecule has 0 radical (unpaired) electrons. The molecule has 3 aliphatic heterocycles. The average Bonchev–Trinajstić information content (AvgIpc) is 2.80. The Morgan fingerprint density at radius 2 is 1.90 bits per heavy atom. The molecular weight excluding hydrogens is 376 g/mol. The largest absolute Gasteiger partial charge is 0.497 e. The number of piperidine rings is 3. The highest BCUT2D eigenvalue weighted by molar-refractivity contribution is 5.70. The first-order valence-electron chi connectivity index (χ1n) is 11.2. The van der Waals surface area contributed by atoms with E-state index in [2.05, 4.69) is 40.5 Å². The van der Waals surface area contributed by atoms with E-state index in [1.54, 1.807) is 7.11 Å². The van der Waals surface area contributed by atoms with Gasteiger partial charge in [0.2, 0.25) is 0 Å². The maximum absolute atomic E-state index is 12.7. The van der Waals surface area contributed by atoms with Gasteiger partial charge in [-0.2, -0.15) is 0 Å². The molecule has 0 aromatic heterocycles. The quantitative estimate of drug-likeness (QED) is 0.809. The fraction of sp³-hybridized carbons (Fsp3) is 0.480. The van der Waals surface area contributed by atoms with Crippen molar-refractivity contribution in [1.29, 1.82) is 0 Å². The van der Waals surface area contributed by atoms with Crippen LogP contribution in [-0.2, 0) is 11.2 Å². The number of benzene rings is 2. The van der Waals surface area contributed by atoms with Gasteiger partial charge < -0.3 is 14.8 Å². The first kappa shape index (κ1) is 19.4. The first-order valence-corrected chi connectivity index (χ1v) is 11.2. The number of alkyl carbamates (subject to hydrolysis) is 1. The van der Waals surface area contributed by atoms with Gasteiger partial charge in [-0.1, -0.05) is 30.3 Å². The molecule has 2 aromatic carbocycles. The van der Waals surface area contributed by atoms with Crippen LogP contribution in [0.4, 0.5) is 4.79 Å². The number of carbonyl (C=O) groups excluding carboxylic acids is 1. The van der Waals surface area contributed by atoms with Gasteiger partial charge in [-0.3, -0.25) is 4.90 Å². The summed E-state index contributed by atoms with van der Waals surface area (Å²) in [6, 6.07) is 14.7. The van der Waals surface area contributed by atoms with E-state index in [9.17, 15) is 4.79 Å². The molecule has 30 heavy (non-hydrogen) atoms. The highest BCUT2D eigenvalue weighted by Crippen LogP contribution is 2.34. The van der Waals surface area contributed by atoms with E-state index >= 15 is 0 Å². The van der Waals surface area contributed by atoms with Crippen LogP contribution >= 0.6 is 0 Å². The molecule has 5 heteroatoms. The van der Waals surface area contributed by atoms with Gasteiger partial charge in [0, 0.05) is 6.54 Å². The van der Waals surface area contributed by atoms with Crippen molar-refractivity contribution in [3.05, 3.63) is 53.6 Å². The average molecular weight is 407 g/mol. The van der Waals surface area contributed by atoms with Gasteiger partial charge in [-0.05, 0) is 85.5 Å². The lowest BCUT2D eigenvalue weighted by atomic mass is 9.85. The summed E-state index contributed by atoms with van der Waals surface area (Å²) in [7, 11) is 1.69. The van der Waals surface area contributed by atoms with E-state index < -0.39 is 0 Å². The van der Waals surface area contributed by atoms with Gasteiger partial charge in [-0.15, -0.1) is 0 Å². The zero-order valence-electron chi connectivity index (χ0n) is 17.6. The number of ether oxygens (including phenoxy) is 2. The number of hydrogen-bond acceptors (Lipinski definition) is 4. The maximum atomic E-state index is 12.7. The molecule has 1 aliphatic carbocycles. The van der Waals surface area contributed by atoms with Crippen LogP contribution in [-0.4, -0.2) is 43.8 Å². The molecule has 3 heterocycles. The van der Waals surface area contributed by atoms with Gasteiger partial charge in [0.15, 0.2) is 0 Å². The second-order valence-corrected chi connectivity index (χ2v) is 8.82. The minimum Gasteiger partial charge on any atom is -0.497 e. The summed E-state index contributed by atoms with van der Waals surface area (Å²) in [4.78, 5) is 15.1. The van der Waals surface area contributed by atoms with Gasteiger partial charge in [-0.25, -0.2) is 4.79 Å². The molecule has 3 saturated heterocycles. The summed E-state index contributed by atoms with van der Waals surface area (Å²) in [5.41, 5.74) is 4.87. The topological polar surface area (TPSA) is 50.8 Å². The number of methoxy groups -OCH3 is 1. The standard InChI is InChI=1S/C25H30N2O3/c1-29-21-6-2-4-18(15-21)19-8-9-22-20(14-19)5-3-7-23(22)26-25(28)30-24-16-27-12-10-17(24)11-13-27/h2,4,6,8-9,14-15,17,23-24H,3,5,7,10-13,16H2,1H3,(H,26,28)/t23?,24-/m0/s1. The number of rotatable bonds is 4. The second kappa shape index (κ2) is 8.31. The number of nitrogens with zero attached hydrogens (tertiary/aromatic N) is 1. The van der Waals surface area contributed by atoms with E-state index in [1.165, 1.54) is 16.7 Å². The van der Waals surface area contributed by atoms with Crippen LogP contribution in [0.25, 0.3) is 11.1 Å². The third kappa shape index (κ3) is 3.91. The van der Waals surface area contributed by atoms with E-state index in [4.69, 9.17) is 9.47 Å². The van der Waals surface area contributed by atoms with E-state index in [0.717, 1.165) is 63.1 Å². The zero-order valence-corrected chi connectivity index (χ0v) is 17.6. The Labute approximate surface area is 178 Å². The fourth-order valence-electron chi connectivity index (χ4n) is 5.30. The van der Waals surface area contributed by atoms with Crippen LogP contribution in [0, 0.1) is 5.92 Å². The Kier molecular flexibility index (Phi) is 5.38. The number of carbonyl (C=O) groups is 1. The fourth-order valence-corrected chi connectivity index (χ4v) is 5.30. The second-order valence-electron chi connectivity index (χ2n) is 8.82. The van der Waals surface area contributed by atoms with Crippen LogP contribution in [0.15, 0.2) is 42.5 Å². The monoisotopic (exact) mass is 406 g/mol. The number of aryl methyl sites for hydroxylation is 1. The Balaban J connectivity index is 1.28. The lowest BCUT2D eigenvalue weighted by molar-refractivity contribution is -0.0340. The van der Waals surface area contributed by atoms with Crippen molar-refractivity contribution >= 4 is 6.09 Å². The normalized spacial score (nSPS) is 27.2. The Hall–Kier alpha value is -2.53. The van der Waals surface area contributed by atoms with Crippen molar-refractivity contribution in [1.82, 2.24) is 10.2 Å². The molecule has 6 rings (SSSR count). The highest BCUT2D eigenvalue weighted by Gasteiger charge is 2.37. The first-order chi connectivity index (χ1) is 14.7. The van der Waals surface area contributed by atoms with Crippen LogP contribution in [0.3, 0.4) is 0 Å². The molecule has 5 nitrogen and oxygen atoms in total. The molecule has 3 fully saturated rings. The predicted octanol–water partition coefficient (Wildman–Crippen LogP) is 4.56. The highest BCUT2D eigenvalue weighted by atomic mass is 16.6. The minimum absolute atomic E-state index is 0.0293. The molecule has 2 bridgehead atoms. The summed E-state index contributed by atoms with van der Waals surface area (Å²) < 4.78 is 11.2. The lowest BCUT2D eigenvalue weighted by Crippen LogP contribution is -2.52. The van der Waals surface area contributed by atoms with Crippen molar-refractivity contribution in [2.24, 2.45) is 5.92 Å². The number of fused-ring (bicyclic) bond motifs is 4. The zero-order chi connectivity index (χ0) is 20.5. The van der Waals surface area contributed by atoms with Gasteiger partial charge in [0.25, 0.3) is 0 Å². The lowest BCUT2D eigenvalue weighted by Gasteiger charge is -2.44. The van der Waals surface area contributed by atoms with Crippen LogP contribution in [0.5, 0.6) is 5.75 Å². The van der Waals surface area contributed by atoms with E-state index in [1.807, 2.05) is 12.1 Å². The van der Waals surface area contributed by atoms with Crippen LogP contribution in [0.2, 0.25) is 0 Å². The number of amides is 1. The van der Waals surface area contributed by atoms with Crippen molar-refractivity contribution < 1.29 is 14.3 Å². The van der Waals surface area contributed by atoms with Crippen molar-refractivity contribution in [3.8, 4) is 16.9 Å². The summed E-state index contributed by atoms with van der Waals surface area (Å²) in [6.45, 7) is 3.19. The number of nitrogens with one attached hydrogen (secondary N) is 1. The SMILES string of the molecule is COc1cccc(-c2ccc3c(c2)CCCC3NC(=O)O[C@H]2CN3CCC2CC3)c1. The van der Waals surface area contributed by atoms with Gasteiger partial charge in [0.05, 0.1) is 13.2 Å². The third-order valence-corrected chi connectivity index (χ3v) is 7.01. The third-order valence-electron chi connectivity index (χ3n) is 7.01. The molecule has 158 valence electrons. The predicted molar refractivity (Wildman–Crippen MR) is 117 cm³/mol. The van der Waals surface area contributed by atoms with Crippen LogP contribution in [0.1, 0.15) is 42.9 Å². The smallest absolute Gasteiger partial charge is 0.407 e. The van der Waals surface area contributed by atoms with Crippen molar-refractivity contribution in [3.63, 3.8) is 0 Å². The molecule has 0 spiro atoms. The molecule has 2 atom stereocenters. The van der Waals surface area contributed by atoms with Crippen molar-refractivity contribution in [2.45, 2.75) is 44.2 Å². The maximum Gasteiger partial charge on any atom is 0.407 e. The van der Waals surface area contributed by atoms with Gasteiger partial charge in [0.1, 0.15) is 11.9 Å². The summed E-state index contributed by atoms with van der Waals surface area (Å²) in [6.07, 6.45) is 5.16. The molecular formula is C25H30N2O3. The molecule has 2 aromatic rings. The molecule has 0 saturated carbocycles. The summed E-state index contributed by atoms with van der Waals surface area (Å²) >= 11 is 0. The molecule has 1 N–H and O–H groups in total. The van der Waals surface area contributed by atoms with E-state index in [-0.39, 0.29) is 18.2 Å². The van der Waals surface area contributed by atoms with E-state index in [0.29, 0.717) is 5.92 Å². The summed E-state index contributed by atoms with van der Waals surface area (Å²) in [5, 5.41) is 3.16. The Bertz CT molecular complexity index is 920. The molecule has 4 aliphatic rings. The number of hydrogen-bond donors (Lipinski definition) is 1. The minimum atomic E-state index is -0.261. The van der Waals surface area contributed by atoms with Crippen molar-refractivity contribution in [2.75, 3.05) is 26.7 Å². The Morgan fingerprint density at radius 3 is 2.67 bits per heavy atom. The summed E-state index contributed by atoms with van der Waals surface area (Å²) in [5.74, 6) is 1.39. The Morgan fingerprint density at radius 1 is 1.07 bits per heavy atom.